The zero-order valence-electron chi connectivity index (χ0n) is 14.3. The molecule has 0 unspecified atom stereocenters. The summed E-state index contributed by atoms with van der Waals surface area (Å²) >= 11 is 0. The molecule has 0 radical (unpaired) electrons. The third-order valence-corrected chi connectivity index (χ3v) is 4.75. The van der Waals surface area contributed by atoms with E-state index in [0.29, 0.717) is 12.0 Å². The van der Waals surface area contributed by atoms with Crippen LogP contribution in [0.2, 0.25) is 0 Å². The standard InChI is InChI=1S/C20H23N3O/c1-14-11-17(7-6-16-4-5-16)8-10-19(14)20-13-23(22-21-20)12-18-9-3-15(2)24-18/h8,10-11,13,15-16,18H,3-5,9,12H2,1-2H3/t15-,18-/m1/s1. The van der Waals surface area contributed by atoms with E-state index >= 15 is 0 Å². The minimum Gasteiger partial charge on any atom is -0.373 e. The van der Waals surface area contributed by atoms with Gasteiger partial charge in [-0.05, 0) is 57.2 Å². The summed E-state index contributed by atoms with van der Waals surface area (Å²) in [5.41, 5.74) is 4.32. The van der Waals surface area contributed by atoms with Crippen molar-refractivity contribution in [3.63, 3.8) is 0 Å². The van der Waals surface area contributed by atoms with Crippen LogP contribution in [0.25, 0.3) is 11.3 Å². The minimum atomic E-state index is 0.260. The highest BCUT2D eigenvalue weighted by Gasteiger charge is 2.22. The molecule has 1 aromatic carbocycles. The fourth-order valence-electron chi connectivity index (χ4n) is 3.18. The van der Waals surface area contributed by atoms with Gasteiger partial charge in [0.25, 0.3) is 0 Å². The lowest BCUT2D eigenvalue weighted by Crippen LogP contribution is -2.16. The Morgan fingerprint density at radius 3 is 2.83 bits per heavy atom. The summed E-state index contributed by atoms with van der Waals surface area (Å²) in [7, 11) is 0. The highest BCUT2D eigenvalue weighted by atomic mass is 16.5. The Hall–Kier alpha value is -2.12. The van der Waals surface area contributed by atoms with Gasteiger partial charge in [0.05, 0.1) is 24.9 Å². The van der Waals surface area contributed by atoms with Crippen LogP contribution in [0.4, 0.5) is 0 Å². The Labute approximate surface area is 143 Å². The predicted molar refractivity (Wildman–Crippen MR) is 93.4 cm³/mol. The zero-order valence-corrected chi connectivity index (χ0v) is 14.3. The van der Waals surface area contributed by atoms with Crippen molar-refractivity contribution in [3.05, 3.63) is 35.5 Å². The van der Waals surface area contributed by atoms with E-state index in [1.54, 1.807) is 0 Å². The average molecular weight is 321 g/mol. The van der Waals surface area contributed by atoms with Gasteiger partial charge < -0.3 is 4.74 Å². The highest BCUT2D eigenvalue weighted by Crippen LogP contribution is 2.28. The van der Waals surface area contributed by atoms with Crippen molar-refractivity contribution in [2.24, 2.45) is 5.92 Å². The molecule has 0 amide bonds. The van der Waals surface area contributed by atoms with Crippen molar-refractivity contribution in [1.29, 1.82) is 0 Å². The third kappa shape index (κ3) is 3.52. The van der Waals surface area contributed by atoms with Crippen LogP contribution in [-0.4, -0.2) is 27.2 Å². The Morgan fingerprint density at radius 1 is 1.25 bits per heavy atom. The van der Waals surface area contributed by atoms with Crippen molar-refractivity contribution < 1.29 is 4.74 Å². The number of aromatic nitrogens is 3. The molecule has 1 aliphatic heterocycles. The van der Waals surface area contributed by atoms with E-state index in [0.717, 1.165) is 36.2 Å². The van der Waals surface area contributed by atoms with E-state index in [2.05, 4.69) is 54.2 Å². The normalized spacial score (nSPS) is 23.1. The number of hydrogen-bond donors (Lipinski definition) is 0. The lowest BCUT2D eigenvalue weighted by molar-refractivity contribution is 0.0434. The number of aryl methyl sites for hydroxylation is 1. The number of hydrogen-bond acceptors (Lipinski definition) is 3. The summed E-state index contributed by atoms with van der Waals surface area (Å²) in [6, 6.07) is 6.33. The van der Waals surface area contributed by atoms with Gasteiger partial charge in [0.1, 0.15) is 5.69 Å². The molecule has 1 saturated carbocycles. The van der Waals surface area contributed by atoms with Gasteiger partial charge in [0.15, 0.2) is 0 Å². The van der Waals surface area contributed by atoms with Crippen molar-refractivity contribution in [3.8, 4) is 23.1 Å². The van der Waals surface area contributed by atoms with Gasteiger partial charge in [-0.15, -0.1) is 5.10 Å². The first-order chi connectivity index (χ1) is 11.7. The van der Waals surface area contributed by atoms with E-state index < -0.39 is 0 Å². The van der Waals surface area contributed by atoms with Crippen molar-refractivity contribution in [2.45, 2.75) is 58.3 Å². The first-order valence-corrected chi connectivity index (χ1v) is 8.85. The van der Waals surface area contributed by atoms with E-state index in [-0.39, 0.29) is 6.10 Å². The Bertz CT molecular complexity index is 795. The molecule has 1 aromatic heterocycles. The molecule has 124 valence electrons. The molecule has 0 bridgehead atoms. The molecule has 2 aliphatic rings. The second kappa shape index (κ2) is 6.41. The summed E-state index contributed by atoms with van der Waals surface area (Å²) in [6.45, 7) is 5.02. The molecule has 1 aliphatic carbocycles. The van der Waals surface area contributed by atoms with Crippen molar-refractivity contribution >= 4 is 0 Å². The summed E-state index contributed by atoms with van der Waals surface area (Å²) in [6.07, 6.45) is 7.40. The number of ether oxygens (including phenoxy) is 1. The minimum absolute atomic E-state index is 0.260. The lowest BCUT2D eigenvalue weighted by Gasteiger charge is -2.10. The van der Waals surface area contributed by atoms with Gasteiger partial charge in [-0.2, -0.15) is 0 Å². The van der Waals surface area contributed by atoms with Crippen molar-refractivity contribution in [2.75, 3.05) is 0 Å². The van der Waals surface area contributed by atoms with E-state index in [1.807, 2.05) is 10.9 Å². The van der Waals surface area contributed by atoms with Gasteiger partial charge in [0, 0.05) is 17.0 Å². The fraction of sp³-hybridized carbons (Fsp3) is 0.500. The van der Waals surface area contributed by atoms with E-state index in [1.165, 1.54) is 18.4 Å². The molecular formula is C20H23N3O. The summed E-state index contributed by atoms with van der Waals surface area (Å²) in [5.74, 6) is 7.22. The largest absolute Gasteiger partial charge is 0.373 e. The predicted octanol–water partition coefficient (Wildman–Crippen LogP) is 3.58. The molecule has 2 aromatic rings. The molecule has 2 atom stereocenters. The Morgan fingerprint density at radius 2 is 2.12 bits per heavy atom. The van der Waals surface area contributed by atoms with Gasteiger partial charge in [-0.1, -0.05) is 23.1 Å². The van der Waals surface area contributed by atoms with Crippen LogP contribution in [-0.2, 0) is 11.3 Å². The van der Waals surface area contributed by atoms with Crippen LogP contribution in [0.3, 0.4) is 0 Å². The van der Waals surface area contributed by atoms with Gasteiger partial charge in [0.2, 0.25) is 0 Å². The second-order valence-electron chi connectivity index (χ2n) is 7.05. The SMILES string of the molecule is Cc1cc(C#CC2CC2)ccc1-c1cn(C[C@H]2CC[C@@H](C)O2)nn1. The van der Waals surface area contributed by atoms with Gasteiger partial charge in [-0.25, -0.2) is 4.68 Å². The molecule has 2 fully saturated rings. The Kier molecular flexibility index (Phi) is 4.12. The second-order valence-corrected chi connectivity index (χ2v) is 7.05. The molecule has 1 saturated heterocycles. The first-order valence-electron chi connectivity index (χ1n) is 8.85. The molecule has 0 spiro atoms. The topological polar surface area (TPSA) is 39.9 Å². The highest BCUT2D eigenvalue weighted by molar-refractivity contribution is 5.64. The zero-order chi connectivity index (χ0) is 16.5. The molecule has 0 N–H and O–H groups in total. The van der Waals surface area contributed by atoms with Crippen LogP contribution in [0.15, 0.2) is 24.4 Å². The maximum Gasteiger partial charge on any atom is 0.113 e. The summed E-state index contributed by atoms with van der Waals surface area (Å²) in [5, 5.41) is 8.61. The van der Waals surface area contributed by atoms with Crippen LogP contribution in [0, 0.1) is 24.7 Å². The monoisotopic (exact) mass is 321 g/mol. The molecule has 2 heterocycles. The van der Waals surface area contributed by atoms with Crippen LogP contribution >= 0.6 is 0 Å². The number of rotatable bonds is 3. The first kappa shape index (κ1) is 15.4. The van der Waals surface area contributed by atoms with Gasteiger partial charge >= 0.3 is 0 Å². The molecule has 4 nitrogen and oxygen atoms in total. The molecular weight excluding hydrogens is 298 g/mol. The number of nitrogens with zero attached hydrogens (tertiary/aromatic N) is 3. The molecule has 24 heavy (non-hydrogen) atoms. The van der Waals surface area contributed by atoms with Crippen LogP contribution in [0.1, 0.15) is 43.7 Å². The van der Waals surface area contributed by atoms with Gasteiger partial charge in [-0.3, -0.25) is 0 Å². The average Bonchev–Trinajstić information content (AvgIpc) is 3.14. The van der Waals surface area contributed by atoms with E-state index in [9.17, 15) is 0 Å². The maximum absolute atomic E-state index is 5.87. The van der Waals surface area contributed by atoms with E-state index in [4.69, 9.17) is 4.74 Å². The summed E-state index contributed by atoms with van der Waals surface area (Å²) < 4.78 is 7.77. The van der Waals surface area contributed by atoms with Crippen LogP contribution in [0.5, 0.6) is 0 Å². The number of benzene rings is 1. The maximum atomic E-state index is 5.87. The Balaban J connectivity index is 1.48. The molecule has 4 heteroatoms. The van der Waals surface area contributed by atoms with Crippen LogP contribution < -0.4 is 0 Å². The lowest BCUT2D eigenvalue weighted by atomic mass is 10.0. The summed E-state index contributed by atoms with van der Waals surface area (Å²) in [4.78, 5) is 0. The smallest absolute Gasteiger partial charge is 0.113 e. The van der Waals surface area contributed by atoms with Crippen molar-refractivity contribution in [1.82, 2.24) is 15.0 Å². The third-order valence-electron chi connectivity index (χ3n) is 4.75. The molecule has 4 rings (SSSR count). The quantitative estimate of drug-likeness (QED) is 0.811. The fourth-order valence-corrected chi connectivity index (χ4v) is 3.18.